The summed E-state index contributed by atoms with van der Waals surface area (Å²) in [6.07, 6.45) is -8.91. The van der Waals surface area contributed by atoms with Crippen molar-refractivity contribution in [1.29, 1.82) is 0 Å². The number of alkyl halides is 6. The van der Waals surface area contributed by atoms with Gasteiger partial charge in [0.05, 0.1) is 34.4 Å². The average molecular weight is 503 g/mol. The van der Waals surface area contributed by atoms with Crippen LogP contribution < -0.4 is 15.0 Å². The van der Waals surface area contributed by atoms with Crippen molar-refractivity contribution < 1.29 is 35.9 Å². The maximum atomic E-state index is 13.1. The second-order valence-electron chi connectivity index (χ2n) is 7.90. The lowest BCUT2D eigenvalue weighted by Gasteiger charge is -2.31. The molecule has 0 aliphatic carbocycles. The van der Waals surface area contributed by atoms with Crippen LogP contribution in [-0.4, -0.2) is 31.1 Å². The number of thiazole rings is 1. The van der Waals surface area contributed by atoms with Gasteiger partial charge in [0.25, 0.3) is 0 Å². The summed E-state index contributed by atoms with van der Waals surface area (Å²) in [6.45, 7) is 0.871. The van der Waals surface area contributed by atoms with Crippen molar-refractivity contribution in [2.24, 2.45) is 5.92 Å². The number of hydrogen-bond donors (Lipinski definition) is 1. The number of methoxy groups -OCH3 is 1. The lowest BCUT2D eigenvalue weighted by molar-refractivity contribution is -0.143. The number of halogens is 6. The number of benzene rings is 2. The first-order valence-corrected chi connectivity index (χ1v) is 11.1. The van der Waals surface area contributed by atoms with Crippen LogP contribution in [-0.2, 0) is 17.1 Å². The van der Waals surface area contributed by atoms with E-state index in [-0.39, 0.29) is 12.6 Å². The number of nitrogens with one attached hydrogen (secondary N) is 1. The number of rotatable bonds is 4. The third-order valence-electron chi connectivity index (χ3n) is 5.50. The van der Waals surface area contributed by atoms with E-state index in [1.165, 1.54) is 11.3 Å². The van der Waals surface area contributed by atoms with E-state index in [4.69, 9.17) is 4.74 Å². The number of fused-ring (bicyclic) bond motifs is 1. The molecule has 0 saturated carbocycles. The lowest BCUT2D eigenvalue weighted by Crippen LogP contribution is -2.40. The Balaban J connectivity index is 1.52. The van der Waals surface area contributed by atoms with Gasteiger partial charge in [0.2, 0.25) is 5.91 Å². The summed E-state index contributed by atoms with van der Waals surface area (Å²) in [7, 11) is 1.55. The van der Waals surface area contributed by atoms with Crippen LogP contribution >= 0.6 is 11.3 Å². The van der Waals surface area contributed by atoms with Crippen molar-refractivity contribution in [3.8, 4) is 5.75 Å². The van der Waals surface area contributed by atoms with Crippen molar-refractivity contribution in [3.05, 3.63) is 47.5 Å². The third kappa shape index (κ3) is 5.21. The van der Waals surface area contributed by atoms with Gasteiger partial charge in [0, 0.05) is 18.8 Å². The highest BCUT2D eigenvalue weighted by molar-refractivity contribution is 7.22. The summed E-state index contributed by atoms with van der Waals surface area (Å²) in [5, 5.41) is 2.93. The van der Waals surface area contributed by atoms with E-state index in [9.17, 15) is 31.1 Å². The van der Waals surface area contributed by atoms with Crippen molar-refractivity contribution in [2.45, 2.75) is 25.2 Å². The summed E-state index contributed by atoms with van der Waals surface area (Å²) in [5.41, 5.74) is -2.74. The molecular formula is C22H19F6N3O2S. The molecule has 0 radical (unpaired) electrons. The van der Waals surface area contributed by atoms with Crippen molar-refractivity contribution in [3.63, 3.8) is 0 Å². The van der Waals surface area contributed by atoms with Gasteiger partial charge in [-0.3, -0.25) is 4.79 Å². The predicted octanol–water partition coefficient (Wildman–Crippen LogP) is 6.20. The molecule has 1 amide bonds. The van der Waals surface area contributed by atoms with Gasteiger partial charge < -0.3 is 15.0 Å². The number of amides is 1. The number of piperidine rings is 1. The minimum atomic E-state index is -4.99. The van der Waals surface area contributed by atoms with E-state index < -0.39 is 41.0 Å². The zero-order valence-corrected chi connectivity index (χ0v) is 18.6. The standard InChI is InChI=1S/C22H19F6N3O2S/c1-33-16-4-5-17-18(10-16)34-20(30-17)31-6-2-3-12(11-31)19(32)29-15-8-13(21(23,24)25)7-14(9-15)22(26,27)28/h4-5,7-10,12H,2-3,6,11H2,1H3,(H,29,32). The Morgan fingerprint density at radius 2 is 1.76 bits per heavy atom. The van der Waals surface area contributed by atoms with Gasteiger partial charge in [-0.15, -0.1) is 0 Å². The van der Waals surface area contributed by atoms with Gasteiger partial charge in [0.1, 0.15) is 5.75 Å². The molecule has 1 aliphatic rings. The van der Waals surface area contributed by atoms with Crippen LogP contribution in [0, 0.1) is 5.92 Å². The second kappa shape index (κ2) is 8.97. The maximum Gasteiger partial charge on any atom is 0.416 e. The predicted molar refractivity (Wildman–Crippen MR) is 116 cm³/mol. The van der Waals surface area contributed by atoms with E-state index in [1.807, 2.05) is 17.0 Å². The third-order valence-corrected chi connectivity index (χ3v) is 6.58. The highest BCUT2D eigenvalue weighted by Crippen LogP contribution is 2.38. The van der Waals surface area contributed by atoms with Crippen molar-refractivity contribution in [2.75, 3.05) is 30.4 Å². The fourth-order valence-electron chi connectivity index (χ4n) is 3.79. The summed E-state index contributed by atoms with van der Waals surface area (Å²) in [5.74, 6) is -0.586. The molecule has 5 nitrogen and oxygen atoms in total. The number of nitrogens with zero attached hydrogens (tertiary/aromatic N) is 2. The van der Waals surface area contributed by atoms with Gasteiger partial charge in [0.15, 0.2) is 5.13 Å². The second-order valence-corrected chi connectivity index (χ2v) is 8.91. The Labute approximate surface area is 194 Å². The zero-order chi connectivity index (χ0) is 24.7. The largest absolute Gasteiger partial charge is 0.497 e. The molecule has 0 spiro atoms. The minimum Gasteiger partial charge on any atom is -0.497 e. The Hall–Kier alpha value is -3.02. The van der Waals surface area contributed by atoms with Crippen LogP contribution in [0.25, 0.3) is 10.2 Å². The van der Waals surface area contributed by atoms with Gasteiger partial charge >= 0.3 is 12.4 Å². The topological polar surface area (TPSA) is 54.5 Å². The Bertz CT molecular complexity index is 1180. The van der Waals surface area contributed by atoms with E-state index in [2.05, 4.69) is 10.3 Å². The molecule has 1 saturated heterocycles. The molecular weight excluding hydrogens is 484 g/mol. The van der Waals surface area contributed by atoms with Gasteiger partial charge in [-0.2, -0.15) is 26.3 Å². The molecule has 2 heterocycles. The molecule has 1 atom stereocenters. The van der Waals surface area contributed by atoms with Crippen molar-refractivity contribution in [1.82, 2.24) is 4.98 Å². The summed E-state index contributed by atoms with van der Waals surface area (Å²) >= 11 is 1.41. The molecule has 0 bridgehead atoms. The number of anilines is 2. The molecule has 1 unspecified atom stereocenters. The lowest BCUT2D eigenvalue weighted by atomic mass is 9.97. The molecule has 1 aromatic heterocycles. The smallest absolute Gasteiger partial charge is 0.416 e. The molecule has 3 aromatic rings. The van der Waals surface area contributed by atoms with Crippen LogP contribution in [0.5, 0.6) is 5.75 Å². The van der Waals surface area contributed by atoms with E-state index in [0.29, 0.717) is 42.4 Å². The summed E-state index contributed by atoms with van der Waals surface area (Å²) in [4.78, 5) is 19.3. The van der Waals surface area contributed by atoms with Gasteiger partial charge in [-0.05, 0) is 49.2 Å². The number of hydrogen-bond acceptors (Lipinski definition) is 5. The molecule has 34 heavy (non-hydrogen) atoms. The normalized spacial score (nSPS) is 17.1. The average Bonchev–Trinajstić information content (AvgIpc) is 3.21. The van der Waals surface area contributed by atoms with Crippen LogP contribution in [0.2, 0.25) is 0 Å². The number of carbonyl (C=O) groups excluding carboxylic acids is 1. The quantitative estimate of drug-likeness (QED) is 0.431. The first-order valence-electron chi connectivity index (χ1n) is 10.2. The van der Waals surface area contributed by atoms with Crippen LogP contribution in [0.4, 0.5) is 37.2 Å². The molecule has 1 fully saturated rings. The Kier molecular flexibility index (Phi) is 6.36. The molecule has 182 valence electrons. The Morgan fingerprint density at radius 1 is 1.09 bits per heavy atom. The van der Waals surface area contributed by atoms with Crippen molar-refractivity contribution >= 4 is 38.3 Å². The monoisotopic (exact) mass is 503 g/mol. The number of carbonyl (C=O) groups is 1. The fourth-order valence-corrected chi connectivity index (χ4v) is 4.82. The van der Waals surface area contributed by atoms with Gasteiger partial charge in [-0.1, -0.05) is 11.3 Å². The molecule has 12 heteroatoms. The summed E-state index contributed by atoms with van der Waals surface area (Å²) in [6, 6.07) is 6.48. The first kappa shape index (κ1) is 24.1. The maximum absolute atomic E-state index is 13.1. The number of aromatic nitrogens is 1. The zero-order valence-electron chi connectivity index (χ0n) is 17.8. The molecule has 1 N–H and O–H groups in total. The highest BCUT2D eigenvalue weighted by Gasteiger charge is 2.37. The van der Waals surface area contributed by atoms with Gasteiger partial charge in [-0.25, -0.2) is 4.98 Å². The van der Waals surface area contributed by atoms with E-state index >= 15 is 0 Å². The molecule has 4 rings (SSSR count). The SMILES string of the molecule is COc1ccc2nc(N3CCCC(C(=O)Nc4cc(C(F)(F)F)cc(C(F)(F)F)c4)C3)sc2c1. The first-order chi connectivity index (χ1) is 15.9. The molecule has 2 aromatic carbocycles. The van der Waals surface area contributed by atoms with E-state index in [0.717, 1.165) is 10.2 Å². The fraction of sp³-hybridized carbons (Fsp3) is 0.364. The van der Waals surface area contributed by atoms with Crippen LogP contribution in [0.15, 0.2) is 36.4 Å². The Morgan fingerprint density at radius 3 is 2.38 bits per heavy atom. The van der Waals surface area contributed by atoms with E-state index in [1.54, 1.807) is 13.2 Å². The molecule has 1 aliphatic heterocycles. The van der Waals surface area contributed by atoms with Crippen LogP contribution in [0.1, 0.15) is 24.0 Å². The summed E-state index contributed by atoms with van der Waals surface area (Å²) < 4.78 is 84.7. The minimum absolute atomic E-state index is 0.0279. The highest BCUT2D eigenvalue weighted by atomic mass is 32.1. The number of ether oxygens (including phenoxy) is 1. The van der Waals surface area contributed by atoms with Crippen LogP contribution in [0.3, 0.4) is 0 Å².